The van der Waals surface area contributed by atoms with Gasteiger partial charge in [-0.05, 0) is 24.1 Å². The third-order valence-electron chi connectivity index (χ3n) is 5.33. The Kier molecular flexibility index (Phi) is 7.70. The molecule has 0 bridgehead atoms. The Hall–Kier alpha value is -0.866. The zero-order valence-electron chi connectivity index (χ0n) is 17.6. The molecule has 2 atom stereocenters. The fraction of sp³-hybridized carbons (Fsp3) is 0.619. The van der Waals surface area contributed by atoms with Gasteiger partial charge in [0.05, 0.1) is 0 Å². The molecular formula is C21H36O2Si2. The van der Waals surface area contributed by atoms with Crippen molar-refractivity contribution in [1.82, 2.24) is 0 Å². The van der Waals surface area contributed by atoms with Gasteiger partial charge in [-0.3, -0.25) is 0 Å². The van der Waals surface area contributed by atoms with E-state index in [4.69, 9.17) is 9.47 Å². The van der Waals surface area contributed by atoms with E-state index in [9.17, 15) is 0 Å². The molecule has 0 aliphatic heterocycles. The van der Waals surface area contributed by atoms with Crippen LogP contribution >= 0.6 is 0 Å². The first kappa shape index (κ1) is 22.2. The van der Waals surface area contributed by atoms with E-state index in [2.05, 4.69) is 88.8 Å². The van der Waals surface area contributed by atoms with E-state index in [0.29, 0.717) is 6.61 Å². The van der Waals surface area contributed by atoms with Gasteiger partial charge in [-0.2, -0.15) is 0 Å². The van der Waals surface area contributed by atoms with Crippen LogP contribution in [0.2, 0.25) is 31.2 Å². The molecule has 25 heavy (non-hydrogen) atoms. The average molecular weight is 377 g/mol. The summed E-state index contributed by atoms with van der Waals surface area (Å²) in [7, 11) is -3.59. The summed E-state index contributed by atoms with van der Waals surface area (Å²) >= 11 is 0. The van der Waals surface area contributed by atoms with Gasteiger partial charge in [0.25, 0.3) is 0 Å². The van der Waals surface area contributed by atoms with Crippen LogP contribution in [0.3, 0.4) is 0 Å². The molecule has 0 aliphatic carbocycles. The summed E-state index contributed by atoms with van der Waals surface area (Å²) in [5.41, 5.74) is 3.61. The summed E-state index contributed by atoms with van der Waals surface area (Å²) in [5, 5.41) is 1.57. The first-order valence-corrected chi connectivity index (χ1v) is 15.3. The van der Waals surface area contributed by atoms with E-state index in [-0.39, 0.29) is 17.1 Å². The summed E-state index contributed by atoms with van der Waals surface area (Å²) in [6, 6.07) is 10.7. The van der Waals surface area contributed by atoms with Gasteiger partial charge >= 0.3 is 0 Å². The summed E-state index contributed by atoms with van der Waals surface area (Å²) in [4.78, 5) is 0. The number of hydrogen-bond acceptors (Lipinski definition) is 2. The number of ether oxygens (including phenoxy) is 2. The fourth-order valence-corrected chi connectivity index (χ4v) is 5.97. The minimum absolute atomic E-state index is 0.0375. The van der Waals surface area contributed by atoms with Crippen molar-refractivity contribution in [3.05, 3.63) is 30.3 Å². The highest BCUT2D eigenvalue weighted by Gasteiger charge is 2.43. The molecule has 1 aromatic rings. The molecule has 0 fully saturated rings. The molecule has 2 unspecified atom stereocenters. The van der Waals surface area contributed by atoms with Crippen molar-refractivity contribution in [2.24, 2.45) is 0 Å². The van der Waals surface area contributed by atoms with Gasteiger partial charge in [0.2, 0.25) is 0 Å². The van der Waals surface area contributed by atoms with Crippen molar-refractivity contribution in [1.29, 1.82) is 0 Å². The molecule has 0 aromatic heterocycles. The van der Waals surface area contributed by atoms with Crippen LogP contribution in [0.4, 0.5) is 0 Å². The minimum Gasteiger partial charge on any atom is -0.353 e. The van der Waals surface area contributed by atoms with Crippen LogP contribution in [0.1, 0.15) is 34.6 Å². The van der Waals surface area contributed by atoms with Gasteiger partial charge in [-0.15, -0.1) is 5.54 Å². The van der Waals surface area contributed by atoms with E-state index in [1.54, 1.807) is 0 Å². The van der Waals surface area contributed by atoms with Crippen LogP contribution in [0, 0.1) is 11.5 Å². The highest BCUT2D eigenvalue weighted by molar-refractivity contribution is 6.96. The summed E-state index contributed by atoms with van der Waals surface area (Å²) < 4.78 is 11.9. The maximum atomic E-state index is 6.30. The molecule has 0 aliphatic rings. The molecule has 0 spiro atoms. The third kappa shape index (κ3) is 6.11. The molecule has 0 radical (unpaired) electrons. The van der Waals surface area contributed by atoms with Crippen LogP contribution in [0.25, 0.3) is 0 Å². The highest BCUT2D eigenvalue weighted by atomic mass is 28.3. The first-order valence-electron chi connectivity index (χ1n) is 9.27. The smallest absolute Gasteiger partial charge is 0.162 e. The molecule has 2 nitrogen and oxygen atoms in total. The predicted molar refractivity (Wildman–Crippen MR) is 114 cm³/mol. The van der Waals surface area contributed by atoms with Crippen molar-refractivity contribution in [3.8, 4) is 11.5 Å². The molecule has 0 N–H and O–H groups in total. The number of benzene rings is 1. The van der Waals surface area contributed by atoms with E-state index in [0.717, 1.165) is 0 Å². The molecule has 4 heteroatoms. The lowest BCUT2D eigenvalue weighted by atomic mass is 10.2. The van der Waals surface area contributed by atoms with Gasteiger partial charge in [-0.25, -0.2) is 0 Å². The Labute approximate surface area is 157 Å². The van der Waals surface area contributed by atoms with Gasteiger partial charge in [0.15, 0.2) is 14.4 Å². The Morgan fingerprint density at radius 3 is 2.08 bits per heavy atom. The lowest BCUT2D eigenvalue weighted by molar-refractivity contribution is -0.129. The van der Waals surface area contributed by atoms with Crippen LogP contribution < -0.4 is 5.19 Å². The van der Waals surface area contributed by atoms with E-state index < -0.39 is 16.1 Å². The monoisotopic (exact) mass is 376 g/mol. The number of rotatable bonds is 6. The Bertz CT molecular complexity index is 592. The molecule has 0 heterocycles. The van der Waals surface area contributed by atoms with E-state index >= 15 is 0 Å². The van der Waals surface area contributed by atoms with Gasteiger partial charge in [-0.1, -0.05) is 83.2 Å². The Balaban J connectivity index is 3.18. The quantitative estimate of drug-likeness (QED) is 0.397. The maximum absolute atomic E-state index is 6.30. The lowest BCUT2D eigenvalue weighted by Crippen LogP contribution is -2.51. The van der Waals surface area contributed by atoms with Crippen molar-refractivity contribution < 1.29 is 9.47 Å². The van der Waals surface area contributed by atoms with Crippen molar-refractivity contribution in [2.75, 3.05) is 6.61 Å². The van der Waals surface area contributed by atoms with Crippen LogP contribution in [-0.2, 0) is 9.47 Å². The van der Waals surface area contributed by atoms with Gasteiger partial charge in [0, 0.05) is 6.61 Å². The summed E-state index contributed by atoms with van der Waals surface area (Å²) in [5.74, 6) is 3.57. The third-order valence-corrected chi connectivity index (χ3v) is 13.3. The largest absolute Gasteiger partial charge is 0.353 e. The zero-order chi connectivity index (χ0) is 19.3. The molecule has 1 aromatic carbocycles. The topological polar surface area (TPSA) is 18.5 Å². The molecule has 140 valence electrons. The Morgan fingerprint density at radius 1 is 1.04 bits per heavy atom. The van der Waals surface area contributed by atoms with Crippen molar-refractivity contribution >= 4 is 21.3 Å². The SMILES string of the molecule is CCOC(C)OC(C#C[Si](C)(C)c1ccccc1)[Si](C)(C)C(C)(C)C. The van der Waals surface area contributed by atoms with Crippen molar-refractivity contribution in [2.45, 2.75) is 77.9 Å². The highest BCUT2D eigenvalue weighted by Crippen LogP contribution is 2.39. The van der Waals surface area contributed by atoms with Crippen LogP contribution in [0.5, 0.6) is 0 Å². The minimum atomic E-state index is -1.81. The Morgan fingerprint density at radius 2 is 1.60 bits per heavy atom. The van der Waals surface area contributed by atoms with Crippen molar-refractivity contribution in [3.63, 3.8) is 0 Å². The van der Waals surface area contributed by atoms with Gasteiger partial charge in [0.1, 0.15) is 13.8 Å². The normalized spacial score (nSPS) is 15.2. The summed E-state index contributed by atoms with van der Waals surface area (Å²) in [6.07, 6.45) is -0.222. The van der Waals surface area contributed by atoms with Gasteiger partial charge < -0.3 is 9.47 Å². The lowest BCUT2D eigenvalue weighted by Gasteiger charge is -2.41. The second kappa shape index (κ2) is 8.68. The number of hydrogen-bond donors (Lipinski definition) is 0. The molecule has 0 amide bonds. The van der Waals surface area contributed by atoms with E-state index in [1.165, 1.54) is 5.19 Å². The first-order chi connectivity index (χ1) is 11.4. The molecule has 0 saturated heterocycles. The summed E-state index contributed by atoms with van der Waals surface area (Å²) in [6.45, 7) is 20.9. The van der Waals surface area contributed by atoms with Crippen LogP contribution in [-0.4, -0.2) is 34.8 Å². The molecule has 1 rings (SSSR count). The van der Waals surface area contributed by atoms with E-state index in [1.807, 2.05) is 13.8 Å². The fourth-order valence-electron chi connectivity index (χ4n) is 2.42. The maximum Gasteiger partial charge on any atom is 0.162 e. The zero-order valence-corrected chi connectivity index (χ0v) is 19.6. The van der Waals surface area contributed by atoms with Crippen LogP contribution in [0.15, 0.2) is 30.3 Å². The molecule has 0 saturated carbocycles. The predicted octanol–water partition coefficient (Wildman–Crippen LogP) is 4.96. The second-order valence-corrected chi connectivity index (χ2v) is 18.3. The second-order valence-electron chi connectivity index (χ2n) is 8.77. The molecular weight excluding hydrogens is 340 g/mol. The standard InChI is InChI=1S/C21H36O2Si2/c1-10-22-18(2)23-20(25(8,9)21(3,4)5)16-17-24(6,7)19-14-12-11-13-15-19/h11-15,18,20H,10H2,1-9H3. The average Bonchev–Trinajstić information content (AvgIpc) is 2.51.